The Kier molecular flexibility index (Phi) is 4.16. The lowest BCUT2D eigenvalue weighted by Gasteiger charge is -2.05. The molecular formula is C12H10ClF2NOS. The van der Waals surface area contributed by atoms with E-state index in [9.17, 15) is 8.78 Å². The molecule has 1 aromatic carbocycles. The Hall–Kier alpha value is -1.17. The molecule has 0 amide bonds. The Labute approximate surface area is 112 Å². The van der Waals surface area contributed by atoms with Gasteiger partial charge in [-0.2, -0.15) is 0 Å². The average molecular weight is 290 g/mol. The number of rotatable bonds is 4. The monoisotopic (exact) mass is 289 g/mol. The highest BCUT2D eigenvalue weighted by Crippen LogP contribution is 2.22. The normalized spacial score (nSPS) is 10.8. The minimum absolute atomic E-state index is 0.309. The Balaban J connectivity index is 1.94. The summed E-state index contributed by atoms with van der Waals surface area (Å²) < 4.78 is 26.8. The molecule has 0 aliphatic heterocycles. The van der Waals surface area contributed by atoms with Crippen molar-refractivity contribution in [1.29, 1.82) is 0 Å². The highest BCUT2D eigenvalue weighted by atomic mass is 35.5. The van der Waals surface area contributed by atoms with Crippen LogP contribution < -0.4 is 5.32 Å². The fraction of sp³-hybridized carbons (Fsp3) is 0.167. The van der Waals surface area contributed by atoms with Gasteiger partial charge in [-0.3, -0.25) is 0 Å². The van der Waals surface area contributed by atoms with E-state index >= 15 is 0 Å². The van der Waals surface area contributed by atoms with Crippen LogP contribution in [-0.2, 0) is 13.1 Å². The zero-order valence-corrected chi connectivity index (χ0v) is 10.8. The number of benzene rings is 1. The molecule has 0 bridgehead atoms. The van der Waals surface area contributed by atoms with E-state index in [1.54, 1.807) is 6.07 Å². The fourth-order valence-corrected chi connectivity index (χ4v) is 2.55. The van der Waals surface area contributed by atoms with Gasteiger partial charge in [0.1, 0.15) is 0 Å². The van der Waals surface area contributed by atoms with Crippen molar-refractivity contribution in [2.24, 2.45) is 0 Å². The van der Waals surface area contributed by atoms with Gasteiger partial charge in [0.2, 0.25) is 0 Å². The van der Waals surface area contributed by atoms with Crippen molar-refractivity contribution in [3.8, 4) is 5.75 Å². The molecule has 96 valence electrons. The summed E-state index contributed by atoms with van der Waals surface area (Å²) in [5.41, 5.74) is 0.436. The molecular weight excluding hydrogens is 280 g/mol. The SMILES string of the molecule is Oc1c(F)cc(CNCc2ccc(Cl)s2)cc1F. The van der Waals surface area contributed by atoms with Crippen molar-refractivity contribution in [2.45, 2.75) is 13.1 Å². The third-order valence-electron chi connectivity index (χ3n) is 2.33. The number of hydrogen-bond acceptors (Lipinski definition) is 3. The molecule has 18 heavy (non-hydrogen) atoms. The number of nitrogens with one attached hydrogen (secondary N) is 1. The quantitative estimate of drug-likeness (QED) is 0.900. The van der Waals surface area contributed by atoms with E-state index in [1.165, 1.54) is 11.3 Å². The molecule has 0 unspecified atom stereocenters. The molecule has 6 heteroatoms. The van der Waals surface area contributed by atoms with Crippen molar-refractivity contribution >= 4 is 22.9 Å². The van der Waals surface area contributed by atoms with E-state index in [-0.39, 0.29) is 0 Å². The van der Waals surface area contributed by atoms with Crippen LogP contribution in [0.15, 0.2) is 24.3 Å². The summed E-state index contributed by atoms with van der Waals surface area (Å²) in [6.07, 6.45) is 0. The molecule has 2 aromatic rings. The highest BCUT2D eigenvalue weighted by molar-refractivity contribution is 7.16. The summed E-state index contributed by atoms with van der Waals surface area (Å²) in [7, 11) is 0. The lowest BCUT2D eigenvalue weighted by Crippen LogP contribution is -2.12. The molecule has 2 rings (SSSR count). The smallest absolute Gasteiger partial charge is 0.187 e. The van der Waals surface area contributed by atoms with Gasteiger partial charge in [-0.1, -0.05) is 11.6 Å². The average Bonchev–Trinajstić information content (AvgIpc) is 2.72. The predicted octanol–water partition coefficient (Wildman–Crippen LogP) is 3.68. The number of hydrogen-bond donors (Lipinski definition) is 2. The van der Waals surface area contributed by atoms with Crippen molar-refractivity contribution < 1.29 is 13.9 Å². The minimum Gasteiger partial charge on any atom is -0.503 e. The molecule has 1 aromatic heterocycles. The molecule has 1 heterocycles. The first-order valence-corrected chi connectivity index (χ1v) is 6.37. The van der Waals surface area contributed by atoms with Crippen LogP contribution in [0.3, 0.4) is 0 Å². The van der Waals surface area contributed by atoms with E-state index in [2.05, 4.69) is 5.32 Å². The van der Waals surface area contributed by atoms with Gasteiger partial charge in [0.15, 0.2) is 17.4 Å². The van der Waals surface area contributed by atoms with Crippen LogP contribution in [0, 0.1) is 11.6 Å². The lowest BCUT2D eigenvalue weighted by molar-refractivity contribution is 0.395. The zero-order chi connectivity index (χ0) is 13.1. The molecule has 2 nitrogen and oxygen atoms in total. The van der Waals surface area contributed by atoms with Gasteiger partial charge in [-0.05, 0) is 29.8 Å². The van der Waals surface area contributed by atoms with Crippen LogP contribution in [-0.4, -0.2) is 5.11 Å². The molecule has 0 saturated carbocycles. The summed E-state index contributed by atoms with van der Waals surface area (Å²) in [4.78, 5) is 1.04. The lowest BCUT2D eigenvalue weighted by atomic mass is 10.2. The Morgan fingerprint density at radius 1 is 1.17 bits per heavy atom. The van der Waals surface area contributed by atoms with Crippen molar-refractivity contribution in [2.75, 3.05) is 0 Å². The second kappa shape index (κ2) is 5.65. The largest absolute Gasteiger partial charge is 0.503 e. The van der Waals surface area contributed by atoms with Gasteiger partial charge in [0, 0.05) is 18.0 Å². The second-order valence-electron chi connectivity index (χ2n) is 3.72. The number of thiophene rings is 1. The molecule has 0 atom stereocenters. The molecule has 0 fully saturated rings. The van der Waals surface area contributed by atoms with Gasteiger partial charge in [0.05, 0.1) is 4.34 Å². The highest BCUT2D eigenvalue weighted by Gasteiger charge is 2.09. The number of phenols is 1. The molecule has 0 radical (unpaired) electrons. The molecule has 0 saturated heterocycles. The van der Waals surface area contributed by atoms with Crippen LogP contribution in [0.5, 0.6) is 5.75 Å². The third kappa shape index (κ3) is 3.19. The second-order valence-corrected chi connectivity index (χ2v) is 5.52. The third-order valence-corrected chi connectivity index (χ3v) is 3.57. The molecule has 0 aliphatic carbocycles. The number of halogens is 3. The number of phenolic OH excluding ortho intramolecular Hbond substituents is 1. The van der Waals surface area contributed by atoms with Gasteiger partial charge in [-0.25, -0.2) is 8.78 Å². The minimum atomic E-state index is -0.953. The van der Waals surface area contributed by atoms with Gasteiger partial charge in [0.25, 0.3) is 0 Å². The van der Waals surface area contributed by atoms with E-state index in [0.29, 0.717) is 23.0 Å². The molecule has 2 N–H and O–H groups in total. The van der Waals surface area contributed by atoms with Crippen molar-refractivity contribution in [3.05, 3.63) is 50.7 Å². The van der Waals surface area contributed by atoms with Crippen LogP contribution in [0.1, 0.15) is 10.4 Å². The molecule has 0 spiro atoms. The van der Waals surface area contributed by atoms with Crippen LogP contribution in [0.4, 0.5) is 8.78 Å². The zero-order valence-electron chi connectivity index (χ0n) is 9.21. The first kappa shape index (κ1) is 13.3. The van der Waals surface area contributed by atoms with Crippen molar-refractivity contribution in [3.63, 3.8) is 0 Å². The van der Waals surface area contributed by atoms with Crippen molar-refractivity contribution in [1.82, 2.24) is 5.32 Å². The number of aromatic hydroxyl groups is 1. The van der Waals surface area contributed by atoms with Crippen LogP contribution in [0.25, 0.3) is 0 Å². The van der Waals surface area contributed by atoms with E-state index in [1.807, 2.05) is 6.07 Å². The first-order valence-electron chi connectivity index (χ1n) is 5.18. The Morgan fingerprint density at radius 3 is 2.39 bits per heavy atom. The first-order chi connectivity index (χ1) is 8.56. The van der Waals surface area contributed by atoms with Crippen LogP contribution >= 0.6 is 22.9 Å². The summed E-state index contributed by atoms with van der Waals surface area (Å²) in [5.74, 6) is -2.85. The summed E-state index contributed by atoms with van der Waals surface area (Å²) in [6, 6.07) is 5.89. The Morgan fingerprint density at radius 2 is 1.83 bits per heavy atom. The maximum Gasteiger partial charge on any atom is 0.187 e. The fourth-order valence-electron chi connectivity index (χ4n) is 1.50. The Bertz CT molecular complexity index is 536. The van der Waals surface area contributed by atoms with Gasteiger partial charge < -0.3 is 10.4 Å². The van der Waals surface area contributed by atoms with Gasteiger partial charge in [-0.15, -0.1) is 11.3 Å². The summed E-state index contributed by atoms with van der Waals surface area (Å²) >= 11 is 7.23. The topological polar surface area (TPSA) is 32.3 Å². The van der Waals surface area contributed by atoms with E-state index in [0.717, 1.165) is 17.0 Å². The standard InChI is InChI=1S/C12H10ClF2NOS/c13-11-2-1-8(18-11)6-16-5-7-3-9(14)12(17)10(15)4-7/h1-4,16-17H,5-6H2. The molecule has 0 aliphatic rings. The maximum absolute atomic E-state index is 13.1. The maximum atomic E-state index is 13.1. The summed E-state index contributed by atoms with van der Waals surface area (Å²) in [6.45, 7) is 0.880. The summed E-state index contributed by atoms with van der Waals surface area (Å²) in [5, 5.41) is 12.0. The van der Waals surface area contributed by atoms with E-state index in [4.69, 9.17) is 16.7 Å². The van der Waals surface area contributed by atoms with Crippen LogP contribution in [0.2, 0.25) is 4.34 Å². The predicted molar refractivity (Wildman–Crippen MR) is 67.9 cm³/mol. The van der Waals surface area contributed by atoms with Gasteiger partial charge >= 0.3 is 0 Å². The van der Waals surface area contributed by atoms with E-state index < -0.39 is 17.4 Å².